The Morgan fingerprint density at radius 3 is 2.50 bits per heavy atom. The maximum Gasteiger partial charge on any atom is 0.243 e. The van der Waals surface area contributed by atoms with Gasteiger partial charge in [-0.2, -0.15) is 9.41 Å². The highest BCUT2D eigenvalue weighted by atomic mass is 32.2. The van der Waals surface area contributed by atoms with Gasteiger partial charge >= 0.3 is 0 Å². The van der Waals surface area contributed by atoms with Crippen LogP contribution in [0, 0.1) is 0 Å². The number of nitrogens with zero attached hydrogens (tertiary/aromatic N) is 2. The van der Waals surface area contributed by atoms with E-state index in [-0.39, 0.29) is 17.2 Å². The van der Waals surface area contributed by atoms with Crippen LogP contribution in [0.25, 0.3) is 0 Å². The van der Waals surface area contributed by atoms with Gasteiger partial charge in [0.1, 0.15) is 0 Å². The highest BCUT2D eigenvalue weighted by Crippen LogP contribution is 2.21. The molecule has 8 heteroatoms. The number of hydrogen-bond donors (Lipinski definition) is 1. The molecule has 7 nitrogen and oxygen atoms in total. The first-order chi connectivity index (χ1) is 15.5. The number of fused-ring (bicyclic) bond motifs is 1. The van der Waals surface area contributed by atoms with Crippen LogP contribution < -0.4 is 5.43 Å². The normalized spacial score (nSPS) is 18.7. The van der Waals surface area contributed by atoms with Gasteiger partial charge in [0.25, 0.3) is 0 Å². The number of aryl methyl sites for hydroxylation is 2. The van der Waals surface area contributed by atoms with E-state index in [0.29, 0.717) is 32.7 Å². The molecule has 170 valence electrons. The van der Waals surface area contributed by atoms with Crippen molar-refractivity contribution in [3.8, 4) is 0 Å². The highest BCUT2D eigenvalue weighted by Gasteiger charge is 2.26. The second-order valence-corrected chi connectivity index (χ2v) is 10.1. The fraction of sp³-hybridized carbons (Fsp3) is 0.417. The Labute approximate surface area is 189 Å². The van der Waals surface area contributed by atoms with Crippen molar-refractivity contribution in [3.05, 3.63) is 65.2 Å². The van der Waals surface area contributed by atoms with Gasteiger partial charge in [0, 0.05) is 25.1 Å². The van der Waals surface area contributed by atoms with Crippen LogP contribution in [-0.4, -0.2) is 50.6 Å². The first-order valence-electron chi connectivity index (χ1n) is 11.1. The third-order valence-electron chi connectivity index (χ3n) is 5.93. The number of ether oxygens (including phenoxy) is 1. The van der Waals surface area contributed by atoms with Gasteiger partial charge in [-0.05, 0) is 55.4 Å². The molecule has 0 saturated carbocycles. The van der Waals surface area contributed by atoms with Gasteiger partial charge in [0.15, 0.2) is 0 Å². The Kier molecular flexibility index (Phi) is 7.34. The van der Waals surface area contributed by atoms with Crippen LogP contribution in [0.5, 0.6) is 0 Å². The second kappa shape index (κ2) is 10.4. The van der Waals surface area contributed by atoms with Crippen LogP contribution in [-0.2, 0) is 32.4 Å². The Morgan fingerprint density at radius 2 is 1.72 bits per heavy atom. The van der Waals surface area contributed by atoms with Crippen LogP contribution in [0.4, 0.5) is 0 Å². The standard InChI is InChI=1S/C24H29N3O4S/c28-24(26-25-23-8-4-2-6-20-5-1-3-7-22(20)23)14-11-19-9-12-21(13-10-19)32(29,30)27-15-17-31-18-16-27/h1,3,5,7,9-10,12-13H,2,4,6,8,11,14-18H2,(H,26,28). The van der Waals surface area contributed by atoms with E-state index < -0.39 is 10.0 Å². The molecule has 1 aliphatic carbocycles. The third-order valence-corrected chi connectivity index (χ3v) is 7.84. The lowest BCUT2D eigenvalue weighted by atomic mass is 10.0. The molecule has 0 unspecified atom stereocenters. The summed E-state index contributed by atoms with van der Waals surface area (Å²) in [7, 11) is -3.50. The summed E-state index contributed by atoms with van der Waals surface area (Å²) in [6.45, 7) is 1.58. The minimum Gasteiger partial charge on any atom is -0.379 e. The Bertz CT molecular complexity index is 1070. The minimum atomic E-state index is -3.50. The van der Waals surface area contributed by atoms with Crippen LogP contribution >= 0.6 is 0 Å². The van der Waals surface area contributed by atoms with E-state index >= 15 is 0 Å². The maximum atomic E-state index is 12.7. The molecule has 1 aliphatic heterocycles. The number of amides is 1. The molecule has 2 aromatic rings. The number of sulfonamides is 1. The van der Waals surface area contributed by atoms with Crippen molar-refractivity contribution in [2.75, 3.05) is 26.3 Å². The van der Waals surface area contributed by atoms with E-state index in [1.54, 1.807) is 24.3 Å². The topological polar surface area (TPSA) is 88.1 Å². The molecule has 0 atom stereocenters. The first-order valence-corrected chi connectivity index (χ1v) is 12.6. The molecule has 1 heterocycles. The smallest absolute Gasteiger partial charge is 0.243 e. The van der Waals surface area contributed by atoms with Crippen molar-refractivity contribution in [3.63, 3.8) is 0 Å². The van der Waals surface area contributed by atoms with E-state index in [1.807, 2.05) is 12.1 Å². The predicted molar refractivity (Wildman–Crippen MR) is 123 cm³/mol. The molecule has 0 radical (unpaired) electrons. The van der Waals surface area contributed by atoms with E-state index in [4.69, 9.17) is 4.74 Å². The average Bonchev–Trinajstić information content (AvgIpc) is 3.04. The molecular weight excluding hydrogens is 426 g/mol. The number of carbonyl (C=O) groups excluding carboxylic acids is 1. The zero-order chi connectivity index (χ0) is 22.4. The number of nitrogens with one attached hydrogen (secondary N) is 1. The van der Waals surface area contributed by atoms with Crippen molar-refractivity contribution < 1.29 is 17.9 Å². The zero-order valence-corrected chi connectivity index (χ0v) is 18.9. The Hall–Kier alpha value is -2.55. The predicted octanol–water partition coefficient (Wildman–Crippen LogP) is 2.89. The summed E-state index contributed by atoms with van der Waals surface area (Å²) in [5.41, 5.74) is 6.96. The van der Waals surface area contributed by atoms with Gasteiger partial charge in [0.2, 0.25) is 15.9 Å². The third kappa shape index (κ3) is 5.43. The fourth-order valence-corrected chi connectivity index (χ4v) is 5.49. The van der Waals surface area contributed by atoms with Crippen molar-refractivity contribution >= 4 is 21.6 Å². The second-order valence-electron chi connectivity index (χ2n) is 8.12. The lowest BCUT2D eigenvalue weighted by molar-refractivity contribution is -0.121. The van der Waals surface area contributed by atoms with Gasteiger partial charge in [-0.3, -0.25) is 4.79 Å². The summed E-state index contributed by atoms with van der Waals surface area (Å²) in [5.74, 6) is -0.149. The summed E-state index contributed by atoms with van der Waals surface area (Å²) in [6.07, 6.45) is 4.89. The molecule has 0 aromatic heterocycles. The van der Waals surface area contributed by atoms with Crippen LogP contribution in [0.3, 0.4) is 0 Å². The molecule has 1 N–H and O–H groups in total. The van der Waals surface area contributed by atoms with Crippen LogP contribution in [0.15, 0.2) is 58.5 Å². The van der Waals surface area contributed by atoms with Crippen molar-refractivity contribution in [2.24, 2.45) is 5.10 Å². The van der Waals surface area contributed by atoms with E-state index in [0.717, 1.165) is 42.5 Å². The van der Waals surface area contributed by atoms with Gasteiger partial charge in [-0.1, -0.05) is 36.4 Å². The molecular formula is C24H29N3O4S. The molecule has 1 saturated heterocycles. The van der Waals surface area contributed by atoms with Crippen LogP contribution in [0.1, 0.15) is 42.4 Å². The van der Waals surface area contributed by atoms with Crippen molar-refractivity contribution in [1.82, 2.24) is 9.73 Å². The Balaban J connectivity index is 1.33. The lowest BCUT2D eigenvalue weighted by Crippen LogP contribution is -2.40. The van der Waals surface area contributed by atoms with Crippen molar-refractivity contribution in [2.45, 2.75) is 43.4 Å². The maximum absolute atomic E-state index is 12.7. The summed E-state index contributed by atoms with van der Waals surface area (Å²) in [4.78, 5) is 12.6. The fourth-order valence-electron chi connectivity index (χ4n) is 4.09. The molecule has 4 rings (SSSR count). The monoisotopic (exact) mass is 455 g/mol. The first kappa shape index (κ1) is 22.6. The number of carbonyl (C=O) groups is 1. The number of morpholine rings is 1. The number of benzene rings is 2. The molecule has 1 amide bonds. The van der Waals surface area contributed by atoms with Crippen molar-refractivity contribution in [1.29, 1.82) is 0 Å². The van der Waals surface area contributed by atoms with E-state index in [2.05, 4.69) is 22.7 Å². The van der Waals surface area contributed by atoms with Gasteiger partial charge in [0.05, 0.1) is 23.8 Å². The Morgan fingerprint density at radius 1 is 1.00 bits per heavy atom. The number of hydrogen-bond acceptors (Lipinski definition) is 5. The lowest BCUT2D eigenvalue weighted by Gasteiger charge is -2.26. The molecule has 32 heavy (non-hydrogen) atoms. The quantitative estimate of drug-likeness (QED) is 0.536. The number of hydrazone groups is 1. The molecule has 2 aromatic carbocycles. The molecule has 0 spiro atoms. The van der Waals surface area contributed by atoms with E-state index in [1.165, 1.54) is 9.87 Å². The largest absolute Gasteiger partial charge is 0.379 e. The molecule has 1 fully saturated rings. The van der Waals surface area contributed by atoms with Gasteiger partial charge < -0.3 is 4.74 Å². The summed E-state index contributed by atoms with van der Waals surface area (Å²) in [5, 5.41) is 4.42. The summed E-state index contributed by atoms with van der Waals surface area (Å²) < 4.78 is 32.1. The van der Waals surface area contributed by atoms with Crippen LogP contribution in [0.2, 0.25) is 0 Å². The van der Waals surface area contributed by atoms with Gasteiger partial charge in [-0.15, -0.1) is 0 Å². The SMILES string of the molecule is O=C(CCc1ccc(S(=O)(=O)N2CCOCC2)cc1)NN=C1CCCCc2ccccc21. The van der Waals surface area contributed by atoms with E-state index in [9.17, 15) is 13.2 Å². The average molecular weight is 456 g/mol. The molecule has 2 aliphatic rings. The number of rotatable bonds is 6. The summed E-state index contributed by atoms with van der Waals surface area (Å²) >= 11 is 0. The summed E-state index contributed by atoms with van der Waals surface area (Å²) in [6, 6.07) is 15.0. The minimum absolute atomic E-state index is 0.149. The van der Waals surface area contributed by atoms with Gasteiger partial charge in [-0.25, -0.2) is 13.8 Å². The zero-order valence-electron chi connectivity index (χ0n) is 18.1. The highest BCUT2D eigenvalue weighted by molar-refractivity contribution is 7.89. The molecule has 0 bridgehead atoms.